The van der Waals surface area contributed by atoms with Gasteiger partial charge in [0.15, 0.2) is 0 Å². The summed E-state index contributed by atoms with van der Waals surface area (Å²) in [6.45, 7) is 3.76. The Morgan fingerprint density at radius 1 is 1.30 bits per heavy atom. The minimum atomic E-state index is -4.41. The fraction of sp³-hybridized carbons (Fsp3) is 0.571. The van der Waals surface area contributed by atoms with E-state index >= 15 is 0 Å². The highest BCUT2D eigenvalue weighted by atomic mass is 79.9. The number of rotatable bonds is 5. The van der Waals surface area contributed by atoms with E-state index in [9.17, 15) is 13.2 Å². The third-order valence-corrected chi connectivity index (χ3v) is 3.82. The molecule has 1 aromatic rings. The molecule has 114 valence electrons. The Morgan fingerprint density at radius 3 is 2.40 bits per heavy atom. The van der Waals surface area contributed by atoms with Crippen LogP contribution in [0.4, 0.5) is 13.2 Å². The molecule has 1 rings (SSSR count). The molecule has 2 N–H and O–H groups in total. The van der Waals surface area contributed by atoms with Crippen molar-refractivity contribution < 1.29 is 17.9 Å². The Bertz CT molecular complexity index is 460. The van der Waals surface area contributed by atoms with E-state index in [0.29, 0.717) is 17.3 Å². The molecule has 0 saturated heterocycles. The van der Waals surface area contributed by atoms with Crippen molar-refractivity contribution in [1.82, 2.24) is 0 Å². The van der Waals surface area contributed by atoms with E-state index < -0.39 is 23.4 Å². The van der Waals surface area contributed by atoms with E-state index in [-0.39, 0.29) is 5.56 Å². The predicted octanol–water partition coefficient (Wildman–Crippen LogP) is 4.67. The van der Waals surface area contributed by atoms with Crippen LogP contribution in [0, 0.1) is 0 Å². The highest BCUT2D eigenvalue weighted by Gasteiger charge is 2.35. The van der Waals surface area contributed by atoms with Crippen LogP contribution in [0.1, 0.15) is 43.9 Å². The van der Waals surface area contributed by atoms with Crippen molar-refractivity contribution in [2.24, 2.45) is 5.73 Å². The topological polar surface area (TPSA) is 35.2 Å². The number of hydrogen-bond acceptors (Lipinski definition) is 2. The van der Waals surface area contributed by atoms with Crippen LogP contribution in [-0.4, -0.2) is 12.7 Å². The van der Waals surface area contributed by atoms with Crippen molar-refractivity contribution in [2.75, 3.05) is 7.11 Å². The molecule has 0 saturated carbocycles. The van der Waals surface area contributed by atoms with Crippen LogP contribution in [0.3, 0.4) is 0 Å². The van der Waals surface area contributed by atoms with E-state index in [4.69, 9.17) is 10.5 Å². The van der Waals surface area contributed by atoms with Crippen molar-refractivity contribution >= 4 is 15.9 Å². The first-order valence-electron chi connectivity index (χ1n) is 6.24. The highest BCUT2D eigenvalue weighted by molar-refractivity contribution is 9.10. The van der Waals surface area contributed by atoms with Crippen LogP contribution in [0.25, 0.3) is 0 Å². The maximum atomic E-state index is 13.0. The van der Waals surface area contributed by atoms with E-state index in [2.05, 4.69) is 15.9 Å². The number of nitrogens with two attached hydrogens (primary N) is 1. The minimum absolute atomic E-state index is 0.118. The van der Waals surface area contributed by atoms with Crippen molar-refractivity contribution in [3.05, 3.63) is 33.8 Å². The van der Waals surface area contributed by atoms with Gasteiger partial charge in [-0.1, -0.05) is 22.0 Å². The normalized spacial score (nSPS) is 14.4. The lowest BCUT2D eigenvalue weighted by Crippen LogP contribution is -2.25. The van der Waals surface area contributed by atoms with Gasteiger partial charge in [0.2, 0.25) is 0 Å². The molecule has 2 nitrogen and oxygen atoms in total. The second kappa shape index (κ2) is 6.45. The van der Waals surface area contributed by atoms with Gasteiger partial charge in [0.1, 0.15) is 0 Å². The first kappa shape index (κ1) is 17.5. The molecule has 0 aromatic heterocycles. The molecule has 0 radical (unpaired) electrons. The highest BCUT2D eigenvalue weighted by Crippen LogP contribution is 2.37. The first-order valence-corrected chi connectivity index (χ1v) is 7.03. The van der Waals surface area contributed by atoms with Gasteiger partial charge in [0.05, 0.1) is 11.2 Å². The molecule has 0 amide bonds. The molecule has 0 spiro atoms. The van der Waals surface area contributed by atoms with E-state index in [1.807, 2.05) is 13.8 Å². The molecule has 1 atom stereocenters. The molecule has 1 unspecified atom stereocenters. The first-order chi connectivity index (χ1) is 9.07. The van der Waals surface area contributed by atoms with E-state index in [1.54, 1.807) is 13.2 Å². The fourth-order valence-corrected chi connectivity index (χ4v) is 2.22. The number of ether oxygens (including phenoxy) is 1. The summed E-state index contributed by atoms with van der Waals surface area (Å²) in [6, 6.07) is 3.40. The quantitative estimate of drug-likeness (QED) is 0.834. The van der Waals surface area contributed by atoms with Crippen LogP contribution in [0.5, 0.6) is 0 Å². The summed E-state index contributed by atoms with van der Waals surface area (Å²) in [4.78, 5) is 0. The molecule has 0 fully saturated rings. The van der Waals surface area contributed by atoms with Gasteiger partial charge < -0.3 is 10.5 Å². The van der Waals surface area contributed by atoms with Gasteiger partial charge in [-0.15, -0.1) is 0 Å². The van der Waals surface area contributed by atoms with Crippen LogP contribution < -0.4 is 5.73 Å². The molecule has 0 bridgehead atoms. The second-order valence-corrected chi connectivity index (χ2v) is 6.25. The van der Waals surface area contributed by atoms with Crippen molar-refractivity contribution in [1.29, 1.82) is 0 Å². The second-order valence-electron chi connectivity index (χ2n) is 5.34. The molecule has 6 heteroatoms. The molecule has 0 aliphatic carbocycles. The maximum absolute atomic E-state index is 13.0. The molecular weight excluding hydrogens is 335 g/mol. The predicted molar refractivity (Wildman–Crippen MR) is 76.4 cm³/mol. The number of methoxy groups -OCH3 is 1. The molecule has 20 heavy (non-hydrogen) atoms. The van der Waals surface area contributed by atoms with Crippen LogP contribution in [0.15, 0.2) is 22.7 Å². The number of halogens is 4. The monoisotopic (exact) mass is 353 g/mol. The third kappa shape index (κ3) is 4.75. The van der Waals surface area contributed by atoms with Gasteiger partial charge in [-0.3, -0.25) is 0 Å². The van der Waals surface area contributed by atoms with Crippen LogP contribution in [0.2, 0.25) is 0 Å². The van der Waals surface area contributed by atoms with Crippen LogP contribution >= 0.6 is 15.9 Å². The molecule has 0 heterocycles. The Kier molecular flexibility index (Phi) is 5.63. The van der Waals surface area contributed by atoms with Gasteiger partial charge in [0, 0.05) is 17.6 Å². The summed E-state index contributed by atoms with van der Waals surface area (Å²) in [6.07, 6.45) is -3.41. The number of alkyl halides is 3. The molecule has 1 aromatic carbocycles. The smallest absolute Gasteiger partial charge is 0.379 e. The average molecular weight is 354 g/mol. The van der Waals surface area contributed by atoms with Crippen molar-refractivity contribution in [3.8, 4) is 0 Å². The summed E-state index contributed by atoms with van der Waals surface area (Å²) >= 11 is 3.06. The summed E-state index contributed by atoms with van der Waals surface area (Å²) in [5, 5.41) is 0. The van der Waals surface area contributed by atoms with E-state index in [1.165, 1.54) is 6.07 Å². The Labute approximate surface area is 125 Å². The summed E-state index contributed by atoms with van der Waals surface area (Å²) in [5.41, 5.74) is 4.97. The minimum Gasteiger partial charge on any atom is -0.379 e. The Balaban J connectivity index is 2.96. The third-order valence-electron chi connectivity index (χ3n) is 3.33. The zero-order chi connectivity index (χ0) is 15.6. The van der Waals surface area contributed by atoms with Gasteiger partial charge in [-0.05, 0) is 44.4 Å². The SMILES string of the molecule is COC(C)(C)CCC(N)c1ccc(Br)cc1C(F)(F)F. The van der Waals surface area contributed by atoms with Gasteiger partial charge in [-0.2, -0.15) is 13.2 Å². The zero-order valence-electron chi connectivity index (χ0n) is 11.7. The van der Waals surface area contributed by atoms with Crippen molar-refractivity contribution in [3.63, 3.8) is 0 Å². The lowest BCUT2D eigenvalue weighted by Gasteiger charge is -2.25. The molecule has 0 aliphatic heterocycles. The standard InChI is InChI=1S/C14H19BrF3NO/c1-13(2,20-3)7-6-12(19)10-5-4-9(15)8-11(10)14(16,17)18/h4-5,8,12H,6-7,19H2,1-3H3. The lowest BCUT2D eigenvalue weighted by molar-refractivity contribution is -0.138. The summed E-state index contributed by atoms with van der Waals surface area (Å²) in [5.74, 6) is 0. The van der Waals surface area contributed by atoms with Gasteiger partial charge in [0.25, 0.3) is 0 Å². The largest absolute Gasteiger partial charge is 0.416 e. The van der Waals surface area contributed by atoms with Gasteiger partial charge >= 0.3 is 6.18 Å². The van der Waals surface area contributed by atoms with Crippen LogP contribution in [-0.2, 0) is 10.9 Å². The zero-order valence-corrected chi connectivity index (χ0v) is 13.3. The van der Waals surface area contributed by atoms with E-state index in [0.717, 1.165) is 6.07 Å². The Morgan fingerprint density at radius 2 is 1.90 bits per heavy atom. The summed E-state index contributed by atoms with van der Waals surface area (Å²) in [7, 11) is 1.58. The molecular formula is C14H19BrF3NO. The average Bonchev–Trinajstić information content (AvgIpc) is 2.35. The number of benzene rings is 1. The fourth-order valence-electron chi connectivity index (χ4n) is 1.86. The summed E-state index contributed by atoms with van der Waals surface area (Å²) < 4.78 is 44.7. The van der Waals surface area contributed by atoms with Crippen molar-refractivity contribution in [2.45, 2.75) is 44.5 Å². The maximum Gasteiger partial charge on any atom is 0.416 e. The Hall–Kier alpha value is -0.590. The lowest BCUT2D eigenvalue weighted by atomic mass is 9.92. The van der Waals surface area contributed by atoms with Gasteiger partial charge in [-0.25, -0.2) is 0 Å². The number of hydrogen-bond donors (Lipinski definition) is 1. The molecule has 0 aliphatic rings.